The number of nitrogens with zero attached hydrogens (tertiary/aromatic N) is 3. The van der Waals surface area contributed by atoms with Gasteiger partial charge in [0, 0.05) is 32.2 Å². The van der Waals surface area contributed by atoms with Crippen molar-refractivity contribution >= 4 is 33.3 Å². The summed E-state index contributed by atoms with van der Waals surface area (Å²) in [5.74, 6) is 0.364. The molecule has 4 rings (SSSR count). The second-order valence-electron chi connectivity index (χ2n) is 8.02. The van der Waals surface area contributed by atoms with Crippen molar-refractivity contribution in [3.05, 3.63) is 53.2 Å². The number of anilines is 1. The molecule has 2 heterocycles. The van der Waals surface area contributed by atoms with Gasteiger partial charge in [-0.05, 0) is 37.1 Å². The van der Waals surface area contributed by atoms with Crippen LogP contribution in [-0.4, -0.2) is 55.8 Å². The van der Waals surface area contributed by atoms with E-state index in [1.165, 1.54) is 10.7 Å². The highest BCUT2D eigenvalue weighted by Gasteiger charge is 2.30. The molecule has 0 atom stereocenters. The Morgan fingerprint density at radius 3 is 2.32 bits per heavy atom. The molecule has 1 aromatic heterocycles. The Morgan fingerprint density at radius 1 is 0.968 bits per heavy atom. The molecular weight excluding hydrogens is 436 g/mol. The van der Waals surface area contributed by atoms with Crippen LogP contribution in [0.5, 0.6) is 0 Å². The van der Waals surface area contributed by atoms with Crippen LogP contribution in [0.4, 0.5) is 5.82 Å². The van der Waals surface area contributed by atoms with E-state index in [2.05, 4.69) is 10.3 Å². The zero-order chi connectivity index (χ0) is 21.8. The summed E-state index contributed by atoms with van der Waals surface area (Å²) in [5.41, 5.74) is 0.481. The second-order valence-corrected chi connectivity index (χ2v) is 10.3. The minimum absolute atomic E-state index is 0.148. The molecule has 0 radical (unpaired) electrons. The molecule has 7 nitrogen and oxygen atoms in total. The van der Waals surface area contributed by atoms with Gasteiger partial charge in [-0.1, -0.05) is 49.1 Å². The van der Waals surface area contributed by atoms with Crippen molar-refractivity contribution in [1.82, 2.24) is 14.6 Å². The first-order valence-electron chi connectivity index (χ1n) is 10.7. The predicted octanol–water partition coefficient (Wildman–Crippen LogP) is 3.31. The van der Waals surface area contributed by atoms with Crippen LogP contribution in [-0.2, 0) is 10.0 Å². The molecule has 1 N–H and O–H groups in total. The molecule has 1 aliphatic heterocycles. The average Bonchev–Trinajstić information content (AvgIpc) is 2.80. The summed E-state index contributed by atoms with van der Waals surface area (Å²) in [5, 5.41) is 3.44. The van der Waals surface area contributed by atoms with Crippen LogP contribution in [0.3, 0.4) is 0 Å². The van der Waals surface area contributed by atoms with Crippen LogP contribution in [0.2, 0.25) is 5.15 Å². The number of sulfonamides is 1. The summed E-state index contributed by atoms with van der Waals surface area (Å²) in [6.07, 6.45) is 5.48. The molecule has 2 fully saturated rings. The number of halogens is 1. The van der Waals surface area contributed by atoms with Crippen molar-refractivity contribution in [2.45, 2.75) is 43.0 Å². The predicted molar refractivity (Wildman–Crippen MR) is 121 cm³/mol. The highest BCUT2D eigenvalue weighted by molar-refractivity contribution is 7.89. The molecule has 2 aliphatic rings. The highest BCUT2D eigenvalue weighted by atomic mass is 35.5. The van der Waals surface area contributed by atoms with E-state index in [-0.39, 0.29) is 16.8 Å². The highest BCUT2D eigenvalue weighted by Crippen LogP contribution is 2.25. The lowest BCUT2D eigenvalue weighted by molar-refractivity contribution is 0.0927. The van der Waals surface area contributed by atoms with Gasteiger partial charge in [0.2, 0.25) is 10.0 Å². The van der Waals surface area contributed by atoms with E-state index in [1.54, 1.807) is 42.5 Å². The zero-order valence-electron chi connectivity index (χ0n) is 17.3. The summed E-state index contributed by atoms with van der Waals surface area (Å²) in [6.45, 7) is 1.50. The van der Waals surface area contributed by atoms with Gasteiger partial charge in [-0.2, -0.15) is 4.31 Å². The Labute approximate surface area is 188 Å². The number of carbonyl (C=O) groups excluding carboxylic acids is 1. The second kappa shape index (κ2) is 9.54. The van der Waals surface area contributed by atoms with Gasteiger partial charge in [-0.25, -0.2) is 13.4 Å². The summed E-state index contributed by atoms with van der Waals surface area (Å²) in [4.78, 5) is 19.6. The minimum Gasteiger partial charge on any atom is -0.353 e. The van der Waals surface area contributed by atoms with E-state index in [0.717, 1.165) is 25.7 Å². The molecule has 1 saturated heterocycles. The van der Waals surface area contributed by atoms with Crippen LogP contribution < -0.4 is 10.2 Å². The van der Waals surface area contributed by atoms with Crippen molar-refractivity contribution in [2.24, 2.45) is 0 Å². The molecule has 0 spiro atoms. The van der Waals surface area contributed by atoms with Crippen molar-refractivity contribution in [1.29, 1.82) is 0 Å². The Balaban J connectivity index is 1.48. The molecule has 9 heteroatoms. The van der Waals surface area contributed by atoms with Crippen LogP contribution >= 0.6 is 11.6 Å². The van der Waals surface area contributed by atoms with Gasteiger partial charge >= 0.3 is 0 Å². The fraction of sp³-hybridized carbons (Fsp3) is 0.455. The largest absolute Gasteiger partial charge is 0.353 e. The van der Waals surface area contributed by atoms with Crippen molar-refractivity contribution in [3.63, 3.8) is 0 Å². The molecule has 1 aromatic carbocycles. The molecule has 166 valence electrons. The van der Waals surface area contributed by atoms with E-state index < -0.39 is 10.0 Å². The van der Waals surface area contributed by atoms with E-state index in [9.17, 15) is 13.2 Å². The summed E-state index contributed by atoms with van der Waals surface area (Å²) >= 11 is 6.14. The minimum atomic E-state index is -3.54. The Hall–Kier alpha value is -2.16. The number of amides is 1. The lowest BCUT2D eigenvalue weighted by Crippen LogP contribution is -2.49. The van der Waals surface area contributed by atoms with Gasteiger partial charge in [0.05, 0.1) is 10.5 Å². The monoisotopic (exact) mass is 462 g/mol. The SMILES string of the molecule is O=C(NC1CCCCC1)c1ccc(Cl)nc1N1CCN(S(=O)(=O)c2ccccc2)CC1. The number of hydrogen-bond acceptors (Lipinski definition) is 5. The number of aromatic nitrogens is 1. The third-order valence-corrected chi connectivity index (χ3v) is 8.07. The third kappa shape index (κ3) is 5.02. The number of pyridine rings is 1. The maximum Gasteiger partial charge on any atom is 0.255 e. The molecule has 1 amide bonds. The fourth-order valence-electron chi connectivity index (χ4n) is 4.24. The Morgan fingerprint density at radius 2 is 1.65 bits per heavy atom. The average molecular weight is 463 g/mol. The van der Waals surface area contributed by atoms with Gasteiger partial charge < -0.3 is 10.2 Å². The van der Waals surface area contributed by atoms with E-state index in [4.69, 9.17) is 11.6 Å². The lowest BCUT2D eigenvalue weighted by atomic mass is 9.95. The van der Waals surface area contributed by atoms with Gasteiger partial charge in [0.15, 0.2) is 0 Å². The maximum atomic E-state index is 13.0. The number of piperazine rings is 1. The topological polar surface area (TPSA) is 82.6 Å². The number of nitrogens with one attached hydrogen (secondary N) is 1. The van der Waals surface area contributed by atoms with Gasteiger partial charge in [-0.3, -0.25) is 4.79 Å². The van der Waals surface area contributed by atoms with E-state index in [1.807, 2.05) is 4.90 Å². The van der Waals surface area contributed by atoms with Crippen molar-refractivity contribution < 1.29 is 13.2 Å². The molecule has 1 aliphatic carbocycles. The summed E-state index contributed by atoms with van der Waals surface area (Å²) in [6, 6.07) is 12.0. The Kier molecular flexibility index (Phi) is 6.79. The smallest absolute Gasteiger partial charge is 0.255 e. The number of hydrogen-bond donors (Lipinski definition) is 1. The molecule has 1 saturated carbocycles. The Bertz CT molecular complexity index is 1020. The maximum absolute atomic E-state index is 13.0. The van der Waals surface area contributed by atoms with Gasteiger partial charge in [0.1, 0.15) is 11.0 Å². The standard InChI is InChI=1S/C22H27ClN4O3S/c23-20-12-11-19(22(28)24-17-7-3-1-4-8-17)21(25-20)26-13-15-27(16-14-26)31(29,30)18-9-5-2-6-10-18/h2,5-6,9-12,17H,1,3-4,7-8,13-16H2,(H,24,28). The fourth-order valence-corrected chi connectivity index (χ4v) is 5.82. The normalized spacial score (nSPS) is 18.7. The quantitative estimate of drug-likeness (QED) is 0.689. The molecule has 0 unspecified atom stereocenters. The number of carbonyl (C=O) groups is 1. The van der Waals surface area contributed by atoms with Gasteiger partial charge in [0.25, 0.3) is 5.91 Å². The zero-order valence-corrected chi connectivity index (χ0v) is 18.9. The van der Waals surface area contributed by atoms with Crippen LogP contribution in [0.15, 0.2) is 47.4 Å². The van der Waals surface area contributed by atoms with E-state index in [0.29, 0.717) is 42.7 Å². The molecular formula is C22H27ClN4O3S. The van der Waals surface area contributed by atoms with Gasteiger partial charge in [-0.15, -0.1) is 0 Å². The van der Waals surface area contributed by atoms with Crippen molar-refractivity contribution in [3.8, 4) is 0 Å². The van der Waals surface area contributed by atoms with Crippen LogP contribution in [0, 0.1) is 0 Å². The van der Waals surface area contributed by atoms with Crippen LogP contribution in [0.1, 0.15) is 42.5 Å². The summed E-state index contributed by atoms with van der Waals surface area (Å²) in [7, 11) is -3.54. The first-order valence-corrected chi connectivity index (χ1v) is 12.5. The first kappa shape index (κ1) is 22.0. The van der Waals surface area contributed by atoms with Crippen molar-refractivity contribution in [2.75, 3.05) is 31.1 Å². The third-order valence-electron chi connectivity index (χ3n) is 5.95. The number of benzene rings is 1. The van der Waals surface area contributed by atoms with E-state index >= 15 is 0 Å². The van der Waals surface area contributed by atoms with Crippen LogP contribution in [0.25, 0.3) is 0 Å². The first-order chi connectivity index (χ1) is 14.9. The summed E-state index contributed by atoms with van der Waals surface area (Å²) < 4.78 is 27.3. The molecule has 0 bridgehead atoms. The molecule has 2 aromatic rings. The lowest BCUT2D eigenvalue weighted by Gasteiger charge is -2.35. The number of rotatable bonds is 5. The molecule has 31 heavy (non-hydrogen) atoms.